The molecule has 0 atom stereocenters. The number of nitrogens with one attached hydrogen (secondary N) is 1. The van der Waals surface area contributed by atoms with Gasteiger partial charge in [0.2, 0.25) is 0 Å². The van der Waals surface area contributed by atoms with Gasteiger partial charge in [-0.2, -0.15) is 0 Å². The Hall–Kier alpha value is -0.160. The maximum absolute atomic E-state index is 5.01. The predicted molar refractivity (Wildman–Crippen MR) is 79.6 cm³/mol. The summed E-state index contributed by atoms with van der Waals surface area (Å²) in [6.45, 7) is 10.7. The molecule has 1 saturated carbocycles. The molecule has 0 radical (unpaired) electrons. The molecule has 0 bridgehead atoms. The van der Waals surface area contributed by atoms with Gasteiger partial charge in [-0.15, -0.1) is 0 Å². The average Bonchev–Trinajstić information content (AvgIpc) is 3.24. The minimum Gasteiger partial charge on any atom is -0.383 e. The van der Waals surface area contributed by atoms with E-state index < -0.39 is 0 Å². The minimum atomic E-state index is 0.822. The molecule has 1 aliphatic heterocycles. The molecular weight excluding hydrogens is 238 g/mol. The molecule has 0 aromatic rings. The first-order valence-corrected chi connectivity index (χ1v) is 8.03. The van der Waals surface area contributed by atoms with Crippen LogP contribution < -0.4 is 5.32 Å². The third kappa shape index (κ3) is 6.70. The number of ether oxygens (including phenoxy) is 1. The van der Waals surface area contributed by atoms with Gasteiger partial charge in [0.05, 0.1) is 6.61 Å². The molecule has 1 heterocycles. The lowest BCUT2D eigenvalue weighted by Gasteiger charge is -2.34. The predicted octanol–water partition coefficient (Wildman–Crippen LogP) is 1.03. The van der Waals surface area contributed by atoms with Gasteiger partial charge in [0.15, 0.2) is 0 Å². The van der Waals surface area contributed by atoms with E-state index in [0.29, 0.717) is 0 Å². The number of piperazine rings is 1. The Labute approximate surface area is 118 Å². The van der Waals surface area contributed by atoms with Crippen LogP contribution in [0.3, 0.4) is 0 Å². The number of rotatable bonds is 10. The second-order valence-corrected chi connectivity index (χ2v) is 6.04. The first-order chi connectivity index (χ1) is 9.38. The fourth-order valence-electron chi connectivity index (χ4n) is 2.75. The van der Waals surface area contributed by atoms with Crippen molar-refractivity contribution >= 4 is 0 Å². The Bertz CT molecular complexity index is 225. The molecule has 2 rings (SSSR count). The van der Waals surface area contributed by atoms with Gasteiger partial charge in [0.1, 0.15) is 0 Å². The lowest BCUT2D eigenvalue weighted by atomic mass is 10.2. The van der Waals surface area contributed by atoms with Crippen molar-refractivity contribution < 1.29 is 4.74 Å². The van der Waals surface area contributed by atoms with Gasteiger partial charge in [-0.25, -0.2) is 0 Å². The molecule has 19 heavy (non-hydrogen) atoms. The van der Waals surface area contributed by atoms with Crippen molar-refractivity contribution in [3.8, 4) is 0 Å². The van der Waals surface area contributed by atoms with E-state index >= 15 is 0 Å². The second-order valence-electron chi connectivity index (χ2n) is 6.04. The van der Waals surface area contributed by atoms with E-state index in [9.17, 15) is 0 Å². The molecule has 0 unspecified atom stereocenters. The molecule has 0 aromatic carbocycles. The zero-order valence-electron chi connectivity index (χ0n) is 12.6. The summed E-state index contributed by atoms with van der Waals surface area (Å²) in [5.74, 6) is 1.05. The van der Waals surface area contributed by atoms with Crippen LogP contribution in [0.5, 0.6) is 0 Å². The maximum atomic E-state index is 5.01. The summed E-state index contributed by atoms with van der Waals surface area (Å²) < 4.78 is 5.01. The SMILES string of the molecule is COCCNCCCCN1CCN(CC2CC2)CC1. The molecule has 0 spiro atoms. The summed E-state index contributed by atoms with van der Waals surface area (Å²) in [7, 11) is 1.75. The number of unbranched alkanes of at least 4 members (excludes halogenated alkanes) is 1. The van der Waals surface area contributed by atoms with Crippen molar-refractivity contribution in [2.24, 2.45) is 5.92 Å². The summed E-state index contributed by atoms with van der Waals surface area (Å²) in [5.41, 5.74) is 0. The monoisotopic (exact) mass is 269 g/mol. The van der Waals surface area contributed by atoms with Crippen molar-refractivity contribution in [3.63, 3.8) is 0 Å². The quantitative estimate of drug-likeness (QED) is 0.600. The van der Waals surface area contributed by atoms with Crippen LogP contribution in [-0.2, 0) is 4.74 Å². The summed E-state index contributed by atoms with van der Waals surface area (Å²) in [4.78, 5) is 5.30. The zero-order valence-corrected chi connectivity index (χ0v) is 12.6. The average molecular weight is 269 g/mol. The summed E-state index contributed by atoms with van der Waals surface area (Å²) in [6.07, 6.45) is 5.57. The molecule has 1 aliphatic carbocycles. The lowest BCUT2D eigenvalue weighted by molar-refractivity contribution is 0.127. The van der Waals surface area contributed by atoms with E-state index in [1.165, 1.54) is 65.0 Å². The Morgan fingerprint density at radius 3 is 2.42 bits per heavy atom. The van der Waals surface area contributed by atoms with Gasteiger partial charge in [-0.1, -0.05) is 0 Å². The van der Waals surface area contributed by atoms with E-state index in [0.717, 1.165) is 25.6 Å². The van der Waals surface area contributed by atoms with Gasteiger partial charge in [-0.05, 0) is 44.7 Å². The van der Waals surface area contributed by atoms with E-state index in [-0.39, 0.29) is 0 Å². The van der Waals surface area contributed by atoms with Gasteiger partial charge in [0, 0.05) is 46.4 Å². The van der Waals surface area contributed by atoms with Crippen molar-refractivity contribution in [1.29, 1.82) is 0 Å². The molecule has 1 N–H and O–H groups in total. The first kappa shape index (κ1) is 15.2. The van der Waals surface area contributed by atoms with Gasteiger partial charge in [-0.3, -0.25) is 0 Å². The lowest BCUT2D eigenvalue weighted by Crippen LogP contribution is -2.47. The van der Waals surface area contributed by atoms with Crippen LogP contribution in [0, 0.1) is 5.92 Å². The van der Waals surface area contributed by atoms with Crippen LogP contribution in [0.25, 0.3) is 0 Å². The molecule has 2 fully saturated rings. The molecule has 0 amide bonds. The van der Waals surface area contributed by atoms with Crippen LogP contribution in [0.2, 0.25) is 0 Å². The highest BCUT2D eigenvalue weighted by Gasteiger charge is 2.26. The number of methoxy groups -OCH3 is 1. The van der Waals surface area contributed by atoms with Crippen LogP contribution >= 0.6 is 0 Å². The van der Waals surface area contributed by atoms with Crippen LogP contribution in [0.4, 0.5) is 0 Å². The van der Waals surface area contributed by atoms with Crippen molar-refractivity contribution in [3.05, 3.63) is 0 Å². The third-order valence-corrected chi connectivity index (χ3v) is 4.24. The summed E-state index contributed by atoms with van der Waals surface area (Å²) >= 11 is 0. The van der Waals surface area contributed by atoms with Crippen LogP contribution in [0.15, 0.2) is 0 Å². The summed E-state index contributed by atoms with van der Waals surface area (Å²) in [6, 6.07) is 0. The smallest absolute Gasteiger partial charge is 0.0587 e. The fraction of sp³-hybridized carbons (Fsp3) is 1.00. The van der Waals surface area contributed by atoms with Crippen molar-refractivity contribution in [1.82, 2.24) is 15.1 Å². The maximum Gasteiger partial charge on any atom is 0.0587 e. The Kier molecular flexibility index (Phi) is 7.14. The number of hydrogen-bond donors (Lipinski definition) is 1. The standard InChI is InChI=1S/C15H31N3O/c1-19-13-7-16-6-2-3-8-17-9-11-18(12-10-17)14-15-4-5-15/h15-16H,2-14H2,1H3. The van der Waals surface area contributed by atoms with Gasteiger partial charge < -0.3 is 19.9 Å². The van der Waals surface area contributed by atoms with Crippen molar-refractivity contribution in [2.75, 3.05) is 66.1 Å². The van der Waals surface area contributed by atoms with Crippen LogP contribution in [0.1, 0.15) is 25.7 Å². The summed E-state index contributed by atoms with van der Waals surface area (Å²) in [5, 5.41) is 3.41. The van der Waals surface area contributed by atoms with E-state index in [4.69, 9.17) is 4.74 Å². The first-order valence-electron chi connectivity index (χ1n) is 8.03. The molecule has 1 saturated heterocycles. The van der Waals surface area contributed by atoms with E-state index in [1.54, 1.807) is 7.11 Å². The van der Waals surface area contributed by atoms with E-state index in [1.807, 2.05) is 0 Å². The molecule has 0 aromatic heterocycles. The van der Waals surface area contributed by atoms with Crippen LogP contribution in [-0.4, -0.2) is 75.9 Å². The Morgan fingerprint density at radius 1 is 1.00 bits per heavy atom. The third-order valence-electron chi connectivity index (χ3n) is 4.24. The highest BCUT2D eigenvalue weighted by Crippen LogP contribution is 2.29. The van der Waals surface area contributed by atoms with E-state index in [2.05, 4.69) is 15.1 Å². The zero-order chi connectivity index (χ0) is 13.3. The topological polar surface area (TPSA) is 27.7 Å². The van der Waals surface area contributed by atoms with Gasteiger partial charge in [0.25, 0.3) is 0 Å². The Morgan fingerprint density at radius 2 is 1.74 bits per heavy atom. The highest BCUT2D eigenvalue weighted by atomic mass is 16.5. The van der Waals surface area contributed by atoms with Crippen molar-refractivity contribution in [2.45, 2.75) is 25.7 Å². The molecule has 2 aliphatic rings. The number of hydrogen-bond acceptors (Lipinski definition) is 4. The number of nitrogens with zero attached hydrogens (tertiary/aromatic N) is 2. The molecule has 4 heteroatoms. The molecule has 112 valence electrons. The normalized spacial score (nSPS) is 21.9. The minimum absolute atomic E-state index is 0.822. The fourth-order valence-corrected chi connectivity index (χ4v) is 2.75. The second kappa shape index (κ2) is 8.90. The Balaban J connectivity index is 1.40. The highest BCUT2D eigenvalue weighted by molar-refractivity contribution is 4.80. The molecular formula is C15H31N3O. The largest absolute Gasteiger partial charge is 0.383 e. The molecule has 4 nitrogen and oxygen atoms in total. The van der Waals surface area contributed by atoms with Gasteiger partial charge >= 0.3 is 0 Å².